The zero-order chi connectivity index (χ0) is 13.0. The normalized spacial score (nSPS) is 10.1. The number of carbonyl (C=O) groups is 1. The van der Waals surface area contributed by atoms with Crippen LogP contribution in [0.5, 0.6) is 0 Å². The number of nitrogens with zero attached hydrogens (tertiary/aromatic N) is 2. The summed E-state index contributed by atoms with van der Waals surface area (Å²) in [6.07, 6.45) is 4.84. The zero-order valence-corrected chi connectivity index (χ0v) is 9.96. The third kappa shape index (κ3) is 3.04. The minimum absolute atomic E-state index is 0.00456. The number of nitrogens with one attached hydrogen (secondary N) is 1. The molecule has 0 bridgehead atoms. The SMILES string of the molecule is Cc1ccc(=O)n(CC(=O)Nc2cccnc2)c1. The van der Waals surface area contributed by atoms with Crippen LogP contribution in [-0.4, -0.2) is 15.5 Å². The number of amides is 1. The molecule has 0 aliphatic rings. The average molecular weight is 243 g/mol. The Morgan fingerprint density at radius 2 is 2.22 bits per heavy atom. The third-order valence-corrected chi connectivity index (χ3v) is 2.39. The van der Waals surface area contributed by atoms with Crippen molar-refractivity contribution in [2.75, 3.05) is 5.32 Å². The van der Waals surface area contributed by atoms with Crippen molar-refractivity contribution in [3.8, 4) is 0 Å². The van der Waals surface area contributed by atoms with Crippen LogP contribution >= 0.6 is 0 Å². The maximum Gasteiger partial charge on any atom is 0.251 e. The van der Waals surface area contributed by atoms with Crippen molar-refractivity contribution in [3.63, 3.8) is 0 Å². The molecule has 0 atom stereocenters. The molecule has 5 heteroatoms. The van der Waals surface area contributed by atoms with Crippen LogP contribution in [0.1, 0.15) is 5.56 Å². The standard InChI is InChI=1S/C13H13N3O2/c1-10-4-5-13(18)16(8-10)9-12(17)15-11-3-2-6-14-7-11/h2-8H,9H2,1H3,(H,15,17). The van der Waals surface area contributed by atoms with Gasteiger partial charge in [-0.3, -0.25) is 14.6 Å². The van der Waals surface area contributed by atoms with E-state index in [4.69, 9.17) is 0 Å². The molecule has 2 aromatic rings. The predicted molar refractivity (Wildman–Crippen MR) is 68.3 cm³/mol. The Bertz CT molecular complexity index is 605. The summed E-state index contributed by atoms with van der Waals surface area (Å²) in [4.78, 5) is 27.2. The first-order valence-electron chi connectivity index (χ1n) is 5.52. The molecule has 0 fully saturated rings. The number of aryl methyl sites for hydroxylation is 1. The number of anilines is 1. The van der Waals surface area contributed by atoms with Gasteiger partial charge in [0.25, 0.3) is 5.56 Å². The van der Waals surface area contributed by atoms with Gasteiger partial charge >= 0.3 is 0 Å². The fraction of sp³-hybridized carbons (Fsp3) is 0.154. The number of hydrogen-bond donors (Lipinski definition) is 1. The van der Waals surface area contributed by atoms with Gasteiger partial charge in [-0.1, -0.05) is 6.07 Å². The summed E-state index contributed by atoms with van der Waals surface area (Å²) in [5.41, 5.74) is 1.36. The van der Waals surface area contributed by atoms with Crippen molar-refractivity contribution in [2.45, 2.75) is 13.5 Å². The number of pyridine rings is 2. The van der Waals surface area contributed by atoms with E-state index in [9.17, 15) is 9.59 Å². The van der Waals surface area contributed by atoms with Gasteiger partial charge in [-0.25, -0.2) is 0 Å². The second-order valence-electron chi connectivity index (χ2n) is 3.96. The summed E-state index contributed by atoms with van der Waals surface area (Å²) in [5.74, 6) is -0.254. The highest BCUT2D eigenvalue weighted by Gasteiger charge is 2.04. The van der Waals surface area contributed by atoms with Gasteiger partial charge in [-0.15, -0.1) is 0 Å². The molecule has 2 aromatic heterocycles. The lowest BCUT2D eigenvalue weighted by molar-refractivity contribution is -0.116. The van der Waals surface area contributed by atoms with Crippen LogP contribution in [0, 0.1) is 6.92 Å². The van der Waals surface area contributed by atoms with Gasteiger partial charge in [0.2, 0.25) is 5.91 Å². The smallest absolute Gasteiger partial charge is 0.251 e. The molecule has 5 nitrogen and oxygen atoms in total. The lowest BCUT2D eigenvalue weighted by atomic mass is 10.3. The predicted octanol–water partition coefficient (Wildman–Crippen LogP) is 1.19. The Morgan fingerprint density at radius 3 is 2.94 bits per heavy atom. The molecule has 0 saturated carbocycles. The van der Waals surface area contributed by atoms with Crippen molar-refractivity contribution >= 4 is 11.6 Å². The van der Waals surface area contributed by atoms with Gasteiger partial charge in [-0.2, -0.15) is 0 Å². The number of rotatable bonds is 3. The van der Waals surface area contributed by atoms with E-state index in [2.05, 4.69) is 10.3 Å². The summed E-state index contributed by atoms with van der Waals surface area (Å²) in [7, 11) is 0. The van der Waals surface area contributed by atoms with Crippen LogP contribution in [0.4, 0.5) is 5.69 Å². The molecule has 0 radical (unpaired) electrons. The Balaban J connectivity index is 2.08. The second-order valence-corrected chi connectivity index (χ2v) is 3.96. The van der Waals surface area contributed by atoms with Crippen molar-refractivity contribution in [1.29, 1.82) is 0 Å². The van der Waals surface area contributed by atoms with Crippen LogP contribution in [0.15, 0.2) is 47.7 Å². The first-order valence-corrected chi connectivity index (χ1v) is 5.52. The molecule has 0 spiro atoms. The van der Waals surface area contributed by atoms with E-state index < -0.39 is 0 Å². The molecule has 2 heterocycles. The van der Waals surface area contributed by atoms with E-state index in [-0.39, 0.29) is 18.0 Å². The van der Waals surface area contributed by atoms with E-state index >= 15 is 0 Å². The summed E-state index contributed by atoms with van der Waals surface area (Å²) in [6.45, 7) is 1.87. The van der Waals surface area contributed by atoms with Crippen molar-refractivity contribution in [2.24, 2.45) is 0 Å². The Labute approximate surface area is 104 Å². The minimum Gasteiger partial charge on any atom is -0.323 e. The molecule has 92 valence electrons. The van der Waals surface area contributed by atoms with Gasteiger partial charge in [0.1, 0.15) is 6.54 Å². The highest BCUT2D eigenvalue weighted by molar-refractivity contribution is 5.90. The largest absolute Gasteiger partial charge is 0.323 e. The lowest BCUT2D eigenvalue weighted by Crippen LogP contribution is -2.26. The monoisotopic (exact) mass is 243 g/mol. The molecule has 1 amide bonds. The average Bonchev–Trinajstić information content (AvgIpc) is 2.35. The molecule has 18 heavy (non-hydrogen) atoms. The maximum absolute atomic E-state index is 11.7. The van der Waals surface area contributed by atoms with Crippen LogP contribution in [0.3, 0.4) is 0 Å². The van der Waals surface area contributed by atoms with Crippen LogP contribution in [-0.2, 0) is 11.3 Å². The van der Waals surface area contributed by atoms with E-state index in [1.807, 2.05) is 6.92 Å². The van der Waals surface area contributed by atoms with Gasteiger partial charge in [0.05, 0.1) is 11.9 Å². The van der Waals surface area contributed by atoms with Gasteiger partial charge < -0.3 is 9.88 Å². The van der Waals surface area contributed by atoms with Crippen LogP contribution in [0.2, 0.25) is 0 Å². The topological polar surface area (TPSA) is 64.0 Å². The number of hydrogen-bond acceptors (Lipinski definition) is 3. The molecule has 0 unspecified atom stereocenters. The third-order valence-electron chi connectivity index (χ3n) is 2.39. The van der Waals surface area contributed by atoms with Crippen LogP contribution < -0.4 is 10.9 Å². The molecule has 0 aromatic carbocycles. The quantitative estimate of drug-likeness (QED) is 0.880. The molecule has 0 aliphatic carbocycles. The molecule has 1 N–H and O–H groups in total. The van der Waals surface area contributed by atoms with E-state index in [0.717, 1.165) is 5.56 Å². The highest BCUT2D eigenvalue weighted by atomic mass is 16.2. The summed E-state index contributed by atoms with van der Waals surface area (Å²) in [6, 6.07) is 6.64. The van der Waals surface area contributed by atoms with Crippen molar-refractivity contribution < 1.29 is 4.79 Å². The maximum atomic E-state index is 11.7. The molecule has 0 saturated heterocycles. The van der Waals surface area contributed by atoms with E-state index in [0.29, 0.717) is 5.69 Å². The lowest BCUT2D eigenvalue weighted by Gasteiger charge is -2.07. The van der Waals surface area contributed by atoms with Crippen LogP contribution in [0.25, 0.3) is 0 Å². The second kappa shape index (κ2) is 5.27. The Kier molecular flexibility index (Phi) is 3.52. The fourth-order valence-electron chi connectivity index (χ4n) is 1.57. The van der Waals surface area contributed by atoms with Gasteiger partial charge in [0.15, 0.2) is 0 Å². The Hall–Kier alpha value is -2.43. The zero-order valence-electron chi connectivity index (χ0n) is 9.96. The summed E-state index contributed by atoms with van der Waals surface area (Å²) in [5, 5.41) is 2.68. The number of carbonyl (C=O) groups excluding carboxylic acids is 1. The molecule has 0 aliphatic heterocycles. The number of aromatic nitrogens is 2. The van der Waals surface area contributed by atoms with E-state index in [1.54, 1.807) is 36.8 Å². The van der Waals surface area contributed by atoms with Gasteiger partial charge in [-0.05, 0) is 24.6 Å². The summed E-state index contributed by atoms with van der Waals surface area (Å²) < 4.78 is 1.38. The summed E-state index contributed by atoms with van der Waals surface area (Å²) >= 11 is 0. The first-order chi connectivity index (χ1) is 8.65. The van der Waals surface area contributed by atoms with Crippen molar-refractivity contribution in [3.05, 3.63) is 58.8 Å². The molecule has 2 rings (SSSR count). The fourth-order valence-corrected chi connectivity index (χ4v) is 1.57. The molecular weight excluding hydrogens is 230 g/mol. The highest BCUT2D eigenvalue weighted by Crippen LogP contribution is 2.02. The molecular formula is C13H13N3O2. The van der Waals surface area contributed by atoms with Crippen molar-refractivity contribution in [1.82, 2.24) is 9.55 Å². The Morgan fingerprint density at radius 1 is 1.39 bits per heavy atom. The first kappa shape index (κ1) is 12.0. The van der Waals surface area contributed by atoms with E-state index in [1.165, 1.54) is 10.6 Å². The minimum atomic E-state index is -0.254. The van der Waals surface area contributed by atoms with Gasteiger partial charge in [0, 0.05) is 18.5 Å².